The Labute approximate surface area is 115 Å². The zero-order chi connectivity index (χ0) is 14.6. The minimum Gasteiger partial charge on any atom is -0.465 e. The van der Waals surface area contributed by atoms with Gasteiger partial charge in [0.2, 0.25) is 0 Å². The van der Waals surface area contributed by atoms with Gasteiger partial charge in [-0.3, -0.25) is 9.69 Å². The number of carbonyl (C=O) groups is 2. The van der Waals surface area contributed by atoms with Crippen molar-refractivity contribution in [3.05, 3.63) is 0 Å². The molecule has 0 aromatic carbocycles. The smallest absolute Gasteiger partial charge is 0.320 e. The van der Waals surface area contributed by atoms with Crippen LogP contribution in [0.5, 0.6) is 0 Å². The van der Waals surface area contributed by atoms with E-state index >= 15 is 0 Å². The van der Waals surface area contributed by atoms with Crippen molar-refractivity contribution < 1.29 is 14.3 Å². The molecule has 0 atom stereocenters. The summed E-state index contributed by atoms with van der Waals surface area (Å²) in [5.41, 5.74) is -0.226. The van der Waals surface area contributed by atoms with Gasteiger partial charge >= 0.3 is 12.0 Å². The number of amides is 2. The van der Waals surface area contributed by atoms with Crippen LogP contribution in [-0.4, -0.2) is 79.1 Å². The molecular weight excluding hydrogens is 246 g/mol. The topological polar surface area (TPSA) is 53.1 Å². The van der Waals surface area contributed by atoms with Crippen LogP contribution < -0.4 is 0 Å². The molecule has 0 aromatic heterocycles. The Balaban J connectivity index is 2.62. The van der Waals surface area contributed by atoms with Crippen LogP contribution in [0.15, 0.2) is 0 Å². The molecule has 1 heterocycles. The van der Waals surface area contributed by atoms with E-state index in [0.717, 1.165) is 0 Å². The molecule has 0 aliphatic carbocycles. The van der Waals surface area contributed by atoms with E-state index < -0.39 is 0 Å². The highest BCUT2D eigenvalue weighted by molar-refractivity contribution is 5.74. The molecule has 0 aromatic rings. The number of nitrogens with zero attached hydrogens (tertiary/aromatic N) is 3. The van der Waals surface area contributed by atoms with Crippen LogP contribution in [-0.2, 0) is 9.53 Å². The normalized spacial score (nSPS) is 19.1. The van der Waals surface area contributed by atoms with Crippen molar-refractivity contribution in [1.82, 2.24) is 14.7 Å². The number of hydrogen-bond acceptors (Lipinski definition) is 4. The van der Waals surface area contributed by atoms with Gasteiger partial charge in [-0.25, -0.2) is 4.79 Å². The first-order valence-electron chi connectivity index (χ1n) is 6.65. The molecule has 1 saturated heterocycles. The molecular formula is C13H25N3O3. The predicted octanol–water partition coefficient (Wildman–Crippen LogP) is 0.627. The number of hydrogen-bond donors (Lipinski definition) is 0. The Morgan fingerprint density at radius 1 is 1.26 bits per heavy atom. The van der Waals surface area contributed by atoms with Crippen molar-refractivity contribution in [2.45, 2.75) is 26.3 Å². The molecule has 1 fully saturated rings. The predicted molar refractivity (Wildman–Crippen MR) is 72.9 cm³/mol. The van der Waals surface area contributed by atoms with Gasteiger partial charge in [-0.15, -0.1) is 0 Å². The fourth-order valence-electron chi connectivity index (χ4n) is 2.29. The van der Waals surface area contributed by atoms with Gasteiger partial charge < -0.3 is 14.5 Å². The molecule has 0 N–H and O–H groups in total. The average Bonchev–Trinajstić information content (AvgIpc) is 2.30. The van der Waals surface area contributed by atoms with E-state index in [9.17, 15) is 9.59 Å². The van der Waals surface area contributed by atoms with Crippen LogP contribution >= 0.6 is 0 Å². The Morgan fingerprint density at radius 3 is 2.37 bits per heavy atom. The maximum absolute atomic E-state index is 12.0. The van der Waals surface area contributed by atoms with Crippen molar-refractivity contribution in [3.8, 4) is 0 Å². The third-order valence-corrected chi connectivity index (χ3v) is 3.35. The van der Waals surface area contributed by atoms with Gasteiger partial charge in [0.25, 0.3) is 0 Å². The van der Waals surface area contributed by atoms with Gasteiger partial charge in [0.1, 0.15) is 0 Å². The Bertz CT molecular complexity index is 342. The van der Waals surface area contributed by atoms with Crippen LogP contribution in [0, 0.1) is 0 Å². The molecule has 110 valence electrons. The first-order chi connectivity index (χ1) is 8.77. The van der Waals surface area contributed by atoms with E-state index in [0.29, 0.717) is 26.2 Å². The third kappa shape index (κ3) is 4.09. The standard InChI is InChI=1S/C13H25N3O3/c1-6-19-11(17)9-16-8-7-15(10-13(16,2)3)12(18)14(4)5/h6-10H2,1-5H3. The van der Waals surface area contributed by atoms with Gasteiger partial charge in [-0.05, 0) is 20.8 Å². The highest BCUT2D eigenvalue weighted by atomic mass is 16.5. The zero-order valence-electron chi connectivity index (χ0n) is 12.6. The molecule has 0 radical (unpaired) electrons. The first kappa shape index (κ1) is 15.8. The molecule has 1 rings (SSSR count). The molecule has 2 amide bonds. The summed E-state index contributed by atoms with van der Waals surface area (Å²) in [6, 6.07) is 0.0175. The summed E-state index contributed by atoms with van der Waals surface area (Å²) in [5, 5.41) is 0. The van der Waals surface area contributed by atoms with Gasteiger partial charge in [0.05, 0.1) is 13.2 Å². The van der Waals surface area contributed by atoms with Gasteiger partial charge in [0, 0.05) is 39.3 Å². The Hall–Kier alpha value is -1.30. The summed E-state index contributed by atoms with van der Waals surface area (Å²) >= 11 is 0. The maximum Gasteiger partial charge on any atom is 0.320 e. The van der Waals surface area contributed by atoms with E-state index in [2.05, 4.69) is 4.90 Å². The second-order valence-corrected chi connectivity index (χ2v) is 5.64. The van der Waals surface area contributed by atoms with Crippen molar-refractivity contribution in [2.24, 2.45) is 0 Å². The highest BCUT2D eigenvalue weighted by Gasteiger charge is 2.37. The van der Waals surface area contributed by atoms with Crippen molar-refractivity contribution in [1.29, 1.82) is 0 Å². The van der Waals surface area contributed by atoms with E-state index in [1.54, 1.807) is 25.9 Å². The summed E-state index contributed by atoms with van der Waals surface area (Å²) < 4.78 is 4.98. The molecule has 6 heteroatoms. The van der Waals surface area contributed by atoms with Gasteiger partial charge in [-0.1, -0.05) is 0 Å². The summed E-state index contributed by atoms with van der Waals surface area (Å²) in [6.07, 6.45) is 0. The minimum atomic E-state index is -0.226. The van der Waals surface area contributed by atoms with Crippen LogP contribution in [0.1, 0.15) is 20.8 Å². The molecule has 1 aliphatic rings. The summed E-state index contributed by atoms with van der Waals surface area (Å²) in [5.74, 6) is -0.206. The largest absolute Gasteiger partial charge is 0.465 e. The van der Waals surface area contributed by atoms with E-state index in [4.69, 9.17) is 4.74 Å². The summed E-state index contributed by atoms with van der Waals surface area (Å²) in [7, 11) is 3.50. The Kier molecular flexibility index (Phi) is 5.17. The van der Waals surface area contributed by atoms with Gasteiger partial charge in [-0.2, -0.15) is 0 Å². The van der Waals surface area contributed by atoms with Crippen LogP contribution in [0.25, 0.3) is 0 Å². The molecule has 0 bridgehead atoms. The fourth-order valence-corrected chi connectivity index (χ4v) is 2.29. The molecule has 0 unspecified atom stereocenters. The van der Waals surface area contributed by atoms with Crippen LogP contribution in [0.4, 0.5) is 4.79 Å². The lowest BCUT2D eigenvalue weighted by atomic mass is 9.99. The zero-order valence-corrected chi connectivity index (χ0v) is 12.6. The number of esters is 1. The SMILES string of the molecule is CCOC(=O)CN1CCN(C(=O)N(C)C)CC1(C)C. The van der Waals surface area contributed by atoms with E-state index in [1.807, 2.05) is 18.7 Å². The van der Waals surface area contributed by atoms with Crippen LogP contribution in [0.2, 0.25) is 0 Å². The lowest BCUT2D eigenvalue weighted by molar-refractivity contribution is -0.146. The second kappa shape index (κ2) is 6.23. The Morgan fingerprint density at radius 2 is 1.89 bits per heavy atom. The number of piperazine rings is 1. The number of urea groups is 1. The molecule has 6 nitrogen and oxygen atoms in total. The van der Waals surface area contributed by atoms with Crippen molar-refractivity contribution >= 4 is 12.0 Å². The lowest BCUT2D eigenvalue weighted by Gasteiger charge is -2.47. The third-order valence-electron chi connectivity index (χ3n) is 3.35. The quantitative estimate of drug-likeness (QED) is 0.706. The molecule has 0 saturated carbocycles. The molecule has 19 heavy (non-hydrogen) atoms. The van der Waals surface area contributed by atoms with E-state index in [1.165, 1.54) is 0 Å². The van der Waals surface area contributed by atoms with Gasteiger partial charge in [0.15, 0.2) is 0 Å². The van der Waals surface area contributed by atoms with E-state index in [-0.39, 0.29) is 24.1 Å². The number of rotatable bonds is 3. The molecule has 0 spiro atoms. The lowest BCUT2D eigenvalue weighted by Crippen LogP contribution is -2.62. The minimum absolute atomic E-state index is 0.0175. The van der Waals surface area contributed by atoms with Crippen molar-refractivity contribution in [3.63, 3.8) is 0 Å². The average molecular weight is 271 g/mol. The monoisotopic (exact) mass is 271 g/mol. The van der Waals surface area contributed by atoms with Crippen LogP contribution in [0.3, 0.4) is 0 Å². The maximum atomic E-state index is 12.0. The first-order valence-corrected chi connectivity index (χ1v) is 6.65. The summed E-state index contributed by atoms with van der Waals surface area (Å²) in [6.45, 7) is 8.51. The second-order valence-electron chi connectivity index (χ2n) is 5.64. The highest BCUT2D eigenvalue weighted by Crippen LogP contribution is 2.21. The van der Waals surface area contributed by atoms with Crippen molar-refractivity contribution in [2.75, 3.05) is 46.9 Å². The number of ether oxygens (including phenoxy) is 1. The number of carbonyl (C=O) groups excluding carboxylic acids is 2. The fraction of sp³-hybridized carbons (Fsp3) is 0.846. The molecule has 1 aliphatic heterocycles. The summed E-state index contributed by atoms with van der Waals surface area (Å²) in [4.78, 5) is 29.0.